The number of carbonyl (C=O) groups excluding carboxylic acids is 2. The molecule has 12 heteroatoms. The van der Waals surface area contributed by atoms with Crippen LogP contribution in [0, 0.1) is 11.8 Å². The Morgan fingerprint density at radius 2 is 1.75 bits per heavy atom. The van der Waals surface area contributed by atoms with Gasteiger partial charge < -0.3 is 14.9 Å². The van der Waals surface area contributed by atoms with Gasteiger partial charge in [0.2, 0.25) is 10.0 Å². The molecular formula is C24H22N6O5S. The molecule has 4 rings (SSSR count). The number of anilines is 1. The number of nitrogens with one attached hydrogen (secondary N) is 1. The zero-order chi connectivity index (χ0) is 25.7. The molecule has 1 fully saturated rings. The summed E-state index contributed by atoms with van der Waals surface area (Å²) in [5, 5.41) is 17.4. The van der Waals surface area contributed by atoms with Crippen LogP contribution in [0.2, 0.25) is 0 Å². The number of piperazine rings is 1. The summed E-state index contributed by atoms with van der Waals surface area (Å²) < 4.78 is 24.3. The quantitative estimate of drug-likeness (QED) is 0.487. The van der Waals surface area contributed by atoms with Crippen molar-refractivity contribution in [1.82, 2.24) is 24.8 Å². The molecule has 0 aliphatic carbocycles. The lowest BCUT2D eigenvalue weighted by Crippen LogP contribution is -2.49. The molecule has 2 amide bonds. The summed E-state index contributed by atoms with van der Waals surface area (Å²) >= 11 is 0. The standard InChI is InChI=1S/C24H22N6O5S/c1-36(34,35)28-23(32)21-8-9-22(27-26-21)29-10-12-30(13-11-29)24(33)20-5-3-2-4-18(20)7-6-17-14-19(31)16-25-15-17/h2-5,8-9,14-16,31H,10-13H2,1H3,(H,28,32). The lowest BCUT2D eigenvalue weighted by atomic mass is 10.1. The van der Waals surface area contributed by atoms with Crippen molar-refractivity contribution in [1.29, 1.82) is 0 Å². The lowest BCUT2D eigenvalue weighted by Gasteiger charge is -2.35. The van der Waals surface area contributed by atoms with E-state index in [1.54, 1.807) is 35.2 Å². The van der Waals surface area contributed by atoms with E-state index in [-0.39, 0.29) is 17.4 Å². The Kier molecular flexibility index (Phi) is 7.12. The van der Waals surface area contributed by atoms with Crippen molar-refractivity contribution in [3.8, 4) is 17.6 Å². The summed E-state index contributed by atoms with van der Waals surface area (Å²) in [6.07, 6.45) is 3.73. The molecule has 0 atom stereocenters. The summed E-state index contributed by atoms with van der Waals surface area (Å²) in [7, 11) is -3.70. The first-order valence-electron chi connectivity index (χ1n) is 10.8. The fourth-order valence-corrected chi connectivity index (χ4v) is 4.00. The Balaban J connectivity index is 1.41. The Morgan fingerprint density at radius 3 is 2.42 bits per heavy atom. The fourth-order valence-electron chi connectivity index (χ4n) is 3.56. The molecule has 36 heavy (non-hydrogen) atoms. The molecule has 11 nitrogen and oxygen atoms in total. The van der Waals surface area contributed by atoms with E-state index in [2.05, 4.69) is 27.0 Å². The molecule has 0 spiro atoms. The summed E-state index contributed by atoms with van der Waals surface area (Å²) in [4.78, 5) is 32.7. The summed E-state index contributed by atoms with van der Waals surface area (Å²) in [6, 6.07) is 11.6. The average molecular weight is 507 g/mol. The molecule has 3 heterocycles. The molecule has 184 valence electrons. The Labute approximate surface area is 207 Å². The van der Waals surface area contributed by atoms with Gasteiger partial charge in [0.15, 0.2) is 11.5 Å². The van der Waals surface area contributed by atoms with Crippen LogP contribution in [-0.4, -0.2) is 77.9 Å². The largest absolute Gasteiger partial charge is 0.506 e. The number of sulfonamides is 1. The molecule has 1 aliphatic rings. The van der Waals surface area contributed by atoms with Crippen LogP contribution in [0.1, 0.15) is 32.0 Å². The number of hydrogen-bond acceptors (Lipinski definition) is 9. The van der Waals surface area contributed by atoms with Gasteiger partial charge in [-0.15, -0.1) is 10.2 Å². The molecule has 2 N–H and O–H groups in total. The highest BCUT2D eigenvalue weighted by Gasteiger charge is 2.24. The second-order valence-electron chi connectivity index (χ2n) is 7.99. The number of pyridine rings is 1. The maximum absolute atomic E-state index is 13.2. The number of hydrogen-bond donors (Lipinski definition) is 2. The van der Waals surface area contributed by atoms with Gasteiger partial charge in [-0.2, -0.15) is 0 Å². The van der Waals surface area contributed by atoms with Gasteiger partial charge >= 0.3 is 0 Å². The molecule has 3 aromatic rings. The van der Waals surface area contributed by atoms with Crippen LogP contribution in [0.3, 0.4) is 0 Å². The van der Waals surface area contributed by atoms with Crippen LogP contribution in [0.15, 0.2) is 54.9 Å². The number of benzene rings is 1. The molecule has 2 aromatic heterocycles. The van der Waals surface area contributed by atoms with Gasteiger partial charge in [0.05, 0.1) is 18.0 Å². The van der Waals surface area contributed by atoms with Crippen molar-refractivity contribution in [3.63, 3.8) is 0 Å². The van der Waals surface area contributed by atoms with E-state index in [0.29, 0.717) is 48.7 Å². The van der Waals surface area contributed by atoms with E-state index in [4.69, 9.17) is 0 Å². The second-order valence-corrected chi connectivity index (χ2v) is 9.74. The first kappa shape index (κ1) is 24.6. The Morgan fingerprint density at radius 1 is 1.00 bits per heavy atom. The topological polar surface area (TPSA) is 146 Å². The number of amides is 2. The van der Waals surface area contributed by atoms with Crippen molar-refractivity contribution >= 4 is 27.7 Å². The minimum atomic E-state index is -3.70. The van der Waals surface area contributed by atoms with Gasteiger partial charge in [-0.1, -0.05) is 24.0 Å². The third-order valence-corrected chi connectivity index (χ3v) is 5.83. The van der Waals surface area contributed by atoms with Gasteiger partial charge in [0, 0.05) is 43.5 Å². The van der Waals surface area contributed by atoms with Crippen molar-refractivity contribution in [2.45, 2.75) is 0 Å². The number of aromatic nitrogens is 3. The van der Waals surface area contributed by atoms with E-state index >= 15 is 0 Å². The zero-order valence-corrected chi connectivity index (χ0v) is 20.1. The number of nitrogens with zero attached hydrogens (tertiary/aromatic N) is 5. The van der Waals surface area contributed by atoms with Crippen molar-refractivity contribution in [2.75, 3.05) is 37.3 Å². The number of rotatable bonds is 4. The third kappa shape index (κ3) is 6.13. The monoisotopic (exact) mass is 506 g/mol. The SMILES string of the molecule is CS(=O)(=O)NC(=O)c1ccc(N2CCN(C(=O)c3ccccc3C#Cc3cncc(O)c3)CC2)nn1. The third-order valence-electron chi connectivity index (χ3n) is 5.27. The molecule has 0 radical (unpaired) electrons. The molecule has 1 saturated heterocycles. The lowest BCUT2D eigenvalue weighted by molar-refractivity contribution is 0.0745. The highest BCUT2D eigenvalue weighted by atomic mass is 32.2. The van der Waals surface area contributed by atoms with Crippen LogP contribution < -0.4 is 9.62 Å². The van der Waals surface area contributed by atoms with E-state index < -0.39 is 15.9 Å². The summed E-state index contributed by atoms with van der Waals surface area (Å²) in [5.74, 6) is 5.45. The normalized spacial score (nSPS) is 13.5. The molecular weight excluding hydrogens is 484 g/mol. The highest BCUT2D eigenvalue weighted by Crippen LogP contribution is 2.17. The number of aromatic hydroxyl groups is 1. The van der Waals surface area contributed by atoms with Crippen LogP contribution in [0.25, 0.3) is 0 Å². The molecule has 0 saturated carbocycles. The molecule has 1 aromatic carbocycles. The first-order valence-corrected chi connectivity index (χ1v) is 12.7. The van der Waals surface area contributed by atoms with E-state index in [1.807, 2.05) is 9.62 Å². The minimum absolute atomic E-state index is 0.0144. The van der Waals surface area contributed by atoms with Crippen molar-refractivity contribution < 1.29 is 23.1 Å². The predicted octanol–water partition coefficient (Wildman–Crippen LogP) is 0.629. The molecule has 0 unspecified atom stereocenters. The Bertz CT molecular complexity index is 1460. The van der Waals surface area contributed by atoms with Crippen LogP contribution in [0.5, 0.6) is 5.75 Å². The Hall–Kier alpha value is -4.50. The van der Waals surface area contributed by atoms with Crippen LogP contribution in [-0.2, 0) is 10.0 Å². The van der Waals surface area contributed by atoms with Crippen LogP contribution in [0.4, 0.5) is 5.82 Å². The molecule has 0 bridgehead atoms. The smallest absolute Gasteiger partial charge is 0.285 e. The van der Waals surface area contributed by atoms with Gasteiger partial charge in [0.25, 0.3) is 11.8 Å². The fraction of sp³-hybridized carbons (Fsp3) is 0.208. The van der Waals surface area contributed by atoms with Gasteiger partial charge in [-0.3, -0.25) is 14.6 Å². The van der Waals surface area contributed by atoms with E-state index in [0.717, 1.165) is 6.26 Å². The van der Waals surface area contributed by atoms with Crippen molar-refractivity contribution in [3.05, 3.63) is 77.2 Å². The maximum atomic E-state index is 13.2. The summed E-state index contributed by atoms with van der Waals surface area (Å²) in [5.41, 5.74) is 1.47. The average Bonchev–Trinajstić information content (AvgIpc) is 2.86. The van der Waals surface area contributed by atoms with Crippen molar-refractivity contribution in [2.24, 2.45) is 0 Å². The molecule has 1 aliphatic heterocycles. The summed E-state index contributed by atoms with van der Waals surface area (Å²) in [6.45, 7) is 1.88. The highest BCUT2D eigenvalue weighted by molar-refractivity contribution is 7.89. The van der Waals surface area contributed by atoms with Gasteiger partial charge in [-0.05, 0) is 30.3 Å². The zero-order valence-electron chi connectivity index (χ0n) is 19.2. The van der Waals surface area contributed by atoms with E-state index in [9.17, 15) is 23.1 Å². The number of carbonyl (C=O) groups is 2. The van der Waals surface area contributed by atoms with Gasteiger partial charge in [0.1, 0.15) is 5.75 Å². The van der Waals surface area contributed by atoms with Gasteiger partial charge in [-0.25, -0.2) is 13.1 Å². The predicted molar refractivity (Wildman–Crippen MR) is 131 cm³/mol. The van der Waals surface area contributed by atoms with E-state index in [1.165, 1.54) is 24.5 Å². The first-order chi connectivity index (χ1) is 17.2. The second kappa shape index (κ2) is 10.4. The minimum Gasteiger partial charge on any atom is -0.506 e. The van der Waals surface area contributed by atoms with Crippen LogP contribution >= 0.6 is 0 Å². The maximum Gasteiger partial charge on any atom is 0.285 e.